The second-order valence-corrected chi connectivity index (χ2v) is 7.37. The maximum absolute atomic E-state index is 9.18. The van der Waals surface area contributed by atoms with Gasteiger partial charge in [0.05, 0.1) is 6.61 Å². The SMILES string of the molecule is CCOC=O.c1ccc(Cn2cc(-c3ccccc3)c3cc(-n4cccc4)ccc32)cc1. The van der Waals surface area contributed by atoms with Crippen LogP contribution in [-0.2, 0) is 16.1 Å². The Balaban J connectivity index is 0.000000444. The van der Waals surface area contributed by atoms with Crippen LogP contribution in [0.2, 0.25) is 0 Å². The molecule has 0 aliphatic carbocycles. The largest absolute Gasteiger partial charge is 0.468 e. The van der Waals surface area contributed by atoms with Gasteiger partial charge in [0.2, 0.25) is 0 Å². The molecule has 0 saturated carbocycles. The molecule has 0 aliphatic heterocycles. The highest BCUT2D eigenvalue weighted by molar-refractivity contribution is 5.97. The van der Waals surface area contributed by atoms with E-state index in [1.54, 1.807) is 6.92 Å². The van der Waals surface area contributed by atoms with E-state index in [1.165, 1.54) is 33.3 Å². The second kappa shape index (κ2) is 10.3. The van der Waals surface area contributed by atoms with E-state index in [9.17, 15) is 4.79 Å². The van der Waals surface area contributed by atoms with Crippen LogP contribution >= 0.6 is 0 Å². The van der Waals surface area contributed by atoms with Crippen LogP contribution in [0.25, 0.3) is 27.7 Å². The van der Waals surface area contributed by atoms with Crippen LogP contribution in [0.1, 0.15) is 12.5 Å². The van der Waals surface area contributed by atoms with Crippen molar-refractivity contribution in [1.29, 1.82) is 0 Å². The van der Waals surface area contributed by atoms with Gasteiger partial charge in [-0.05, 0) is 48.4 Å². The zero-order valence-corrected chi connectivity index (χ0v) is 18.1. The van der Waals surface area contributed by atoms with Gasteiger partial charge in [0.1, 0.15) is 0 Å². The minimum Gasteiger partial charge on any atom is -0.468 e. The predicted molar refractivity (Wildman–Crippen MR) is 130 cm³/mol. The number of nitrogens with zero attached hydrogens (tertiary/aromatic N) is 2. The predicted octanol–water partition coefficient (Wildman–Crippen LogP) is 6.33. The third-order valence-electron chi connectivity index (χ3n) is 5.28. The van der Waals surface area contributed by atoms with E-state index < -0.39 is 0 Å². The Morgan fingerprint density at radius 2 is 1.53 bits per heavy atom. The lowest BCUT2D eigenvalue weighted by molar-refractivity contribution is -0.128. The smallest absolute Gasteiger partial charge is 0.293 e. The summed E-state index contributed by atoms with van der Waals surface area (Å²) in [6.07, 6.45) is 6.46. The summed E-state index contributed by atoms with van der Waals surface area (Å²) in [5.41, 5.74) is 6.27. The maximum atomic E-state index is 9.18. The Labute approximate surface area is 188 Å². The number of aromatic nitrogens is 2. The highest BCUT2D eigenvalue weighted by atomic mass is 16.5. The Bertz CT molecular complexity index is 1260. The summed E-state index contributed by atoms with van der Waals surface area (Å²) < 4.78 is 8.66. The summed E-state index contributed by atoms with van der Waals surface area (Å²) in [7, 11) is 0. The summed E-state index contributed by atoms with van der Waals surface area (Å²) in [6.45, 7) is 3.53. The van der Waals surface area contributed by atoms with Crippen LogP contribution in [0.3, 0.4) is 0 Å². The number of rotatable bonds is 6. The normalized spacial score (nSPS) is 10.4. The Morgan fingerprint density at radius 1 is 0.844 bits per heavy atom. The van der Waals surface area contributed by atoms with E-state index in [-0.39, 0.29) is 0 Å². The van der Waals surface area contributed by atoms with Crippen LogP contribution < -0.4 is 0 Å². The lowest BCUT2D eigenvalue weighted by Gasteiger charge is -2.07. The Kier molecular flexibility index (Phi) is 6.83. The van der Waals surface area contributed by atoms with Crippen molar-refractivity contribution in [3.05, 3.63) is 115 Å². The minimum absolute atomic E-state index is 0.431. The third kappa shape index (κ3) is 4.81. The number of carbonyl (C=O) groups is 1. The zero-order valence-electron chi connectivity index (χ0n) is 18.1. The van der Waals surface area contributed by atoms with Gasteiger partial charge >= 0.3 is 0 Å². The van der Waals surface area contributed by atoms with E-state index in [2.05, 4.69) is 123 Å². The standard InChI is InChI=1S/C25H20N2.C3H6O2/c1-3-9-20(10-4-1)18-27-19-24(21-11-5-2-6-12-21)23-17-22(13-14-25(23)27)26-15-7-8-16-26;1-2-5-3-4/h1-17,19H,18H2;3H,2H2,1H3. The van der Waals surface area contributed by atoms with Gasteiger partial charge in [0.25, 0.3) is 6.47 Å². The topological polar surface area (TPSA) is 36.2 Å². The molecule has 32 heavy (non-hydrogen) atoms. The first kappa shape index (κ1) is 21.2. The first-order valence-corrected chi connectivity index (χ1v) is 10.7. The van der Waals surface area contributed by atoms with Crippen molar-refractivity contribution in [3.63, 3.8) is 0 Å². The number of benzene rings is 3. The van der Waals surface area contributed by atoms with E-state index in [1.807, 2.05) is 0 Å². The van der Waals surface area contributed by atoms with E-state index in [4.69, 9.17) is 0 Å². The minimum atomic E-state index is 0.431. The third-order valence-corrected chi connectivity index (χ3v) is 5.28. The molecule has 160 valence electrons. The highest BCUT2D eigenvalue weighted by Gasteiger charge is 2.12. The first-order chi connectivity index (χ1) is 15.8. The lowest BCUT2D eigenvalue weighted by atomic mass is 10.0. The number of carbonyl (C=O) groups excluding carboxylic acids is 1. The fourth-order valence-corrected chi connectivity index (χ4v) is 3.78. The average molecular weight is 423 g/mol. The van der Waals surface area contributed by atoms with Crippen molar-refractivity contribution >= 4 is 17.4 Å². The van der Waals surface area contributed by atoms with Crippen molar-refractivity contribution in [1.82, 2.24) is 9.13 Å². The molecule has 0 saturated heterocycles. The number of hydrogen-bond donors (Lipinski definition) is 0. The summed E-state index contributed by atoms with van der Waals surface area (Å²) in [4.78, 5) is 9.18. The number of ether oxygens (including phenoxy) is 1. The molecule has 5 aromatic rings. The average Bonchev–Trinajstić information content (AvgIpc) is 3.50. The Morgan fingerprint density at radius 3 is 2.16 bits per heavy atom. The molecule has 0 aliphatic rings. The van der Waals surface area contributed by atoms with Gasteiger partial charge in [-0.1, -0.05) is 60.7 Å². The molecule has 0 N–H and O–H groups in total. The van der Waals surface area contributed by atoms with Crippen molar-refractivity contribution in [2.24, 2.45) is 0 Å². The summed E-state index contributed by atoms with van der Waals surface area (Å²) in [5, 5.41) is 1.28. The van der Waals surface area contributed by atoms with Crippen LogP contribution in [0, 0.1) is 0 Å². The van der Waals surface area contributed by atoms with Gasteiger partial charge in [-0.3, -0.25) is 4.79 Å². The van der Waals surface area contributed by atoms with Crippen molar-refractivity contribution < 1.29 is 9.53 Å². The molecule has 5 rings (SSSR count). The molecule has 0 fully saturated rings. The lowest BCUT2D eigenvalue weighted by Crippen LogP contribution is -1.97. The van der Waals surface area contributed by atoms with E-state index >= 15 is 0 Å². The zero-order chi connectivity index (χ0) is 22.2. The van der Waals surface area contributed by atoms with Crippen molar-refractivity contribution in [2.75, 3.05) is 6.61 Å². The maximum Gasteiger partial charge on any atom is 0.293 e. The van der Waals surface area contributed by atoms with E-state index in [0.29, 0.717) is 13.1 Å². The monoisotopic (exact) mass is 422 g/mol. The summed E-state index contributed by atoms with van der Waals surface area (Å²) >= 11 is 0. The van der Waals surface area contributed by atoms with Gasteiger partial charge in [-0.15, -0.1) is 0 Å². The number of hydrogen-bond acceptors (Lipinski definition) is 2. The molecular weight excluding hydrogens is 396 g/mol. The van der Waals surface area contributed by atoms with Gasteiger partial charge in [0, 0.05) is 47.3 Å². The van der Waals surface area contributed by atoms with Gasteiger partial charge in [-0.25, -0.2) is 0 Å². The first-order valence-electron chi connectivity index (χ1n) is 10.7. The van der Waals surface area contributed by atoms with Crippen LogP contribution in [0.4, 0.5) is 0 Å². The van der Waals surface area contributed by atoms with Crippen molar-refractivity contribution in [2.45, 2.75) is 13.5 Å². The summed E-state index contributed by atoms with van der Waals surface area (Å²) in [6, 6.07) is 32.1. The fraction of sp³-hybridized carbons (Fsp3) is 0.107. The number of fused-ring (bicyclic) bond motifs is 1. The quantitative estimate of drug-likeness (QED) is 0.300. The van der Waals surface area contributed by atoms with E-state index in [0.717, 1.165) is 6.54 Å². The molecule has 0 atom stereocenters. The Hall–Kier alpha value is -4.05. The summed E-state index contributed by atoms with van der Waals surface area (Å²) in [5.74, 6) is 0. The molecule has 2 heterocycles. The molecule has 0 unspecified atom stereocenters. The second-order valence-electron chi connectivity index (χ2n) is 7.37. The van der Waals surface area contributed by atoms with Crippen LogP contribution in [-0.4, -0.2) is 22.2 Å². The molecule has 0 spiro atoms. The molecule has 0 amide bonds. The fourth-order valence-electron chi connectivity index (χ4n) is 3.78. The molecule has 4 nitrogen and oxygen atoms in total. The van der Waals surface area contributed by atoms with Gasteiger partial charge < -0.3 is 13.9 Å². The van der Waals surface area contributed by atoms with Gasteiger partial charge in [-0.2, -0.15) is 0 Å². The molecule has 3 aromatic carbocycles. The van der Waals surface area contributed by atoms with Crippen LogP contribution in [0.15, 0.2) is 110 Å². The molecular formula is C28H26N2O2. The molecule has 0 bridgehead atoms. The van der Waals surface area contributed by atoms with Crippen LogP contribution in [0.5, 0.6) is 0 Å². The van der Waals surface area contributed by atoms with Crippen molar-refractivity contribution in [3.8, 4) is 16.8 Å². The van der Waals surface area contributed by atoms with Gasteiger partial charge in [0.15, 0.2) is 0 Å². The highest BCUT2D eigenvalue weighted by Crippen LogP contribution is 2.32. The molecule has 0 radical (unpaired) electrons. The molecule has 4 heteroatoms. The molecule has 2 aromatic heterocycles.